The first-order valence-electron chi connectivity index (χ1n) is 5.95. The second-order valence-electron chi connectivity index (χ2n) is 4.42. The highest BCUT2D eigenvalue weighted by atomic mass is 32.2. The molecule has 2 N–H and O–H groups in total. The molecule has 0 spiro atoms. The van der Waals surface area contributed by atoms with E-state index in [9.17, 15) is 5.26 Å². The molecule has 0 atom stereocenters. The van der Waals surface area contributed by atoms with Gasteiger partial charge in [-0.1, -0.05) is 11.8 Å². The van der Waals surface area contributed by atoms with Gasteiger partial charge in [0.25, 0.3) is 0 Å². The van der Waals surface area contributed by atoms with Crippen LogP contribution in [0.5, 0.6) is 0 Å². The van der Waals surface area contributed by atoms with Crippen molar-refractivity contribution in [2.24, 2.45) is 0 Å². The van der Waals surface area contributed by atoms with E-state index in [0.717, 1.165) is 10.7 Å². The number of nitrogens with zero attached hydrogens (tertiary/aromatic N) is 3. The largest absolute Gasteiger partial charge is 0.352 e. The summed E-state index contributed by atoms with van der Waals surface area (Å²) in [5, 5.41) is 18.4. The van der Waals surface area contributed by atoms with Crippen molar-refractivity contribution in [1.82, 2.24) is 15.3 Å². The molecule has 1 aliphatic heterocycles. The average Bonchev–Trinajstić information content (AvgIpc) is 2.76. The zero-order chi connectivity index (χ0) is 13.8. The molecule has 0 bridgehead atoms. The molecule has 0 saturated heterocycles. The molecule has 0 unspecified atom stereocenters. The number of hydrogen-bond donors (Lipinski definition) is 2. The van der Waals surface area contributed by atoms with Gasteiger partial charge in [-0.25, -0.2) is 9.97 Å². The summed E-state index contributed by atoms with van der Waals surface area (Å²) in [6, 6.07) is 4.20. The van der Waals surface area contributed by atoms with Crippen LogP contribution in [0.1, 0.15) is 26.5 Å². The molecule has 98 valence electrons. The highest BCUT2D eigenvalue weighted by Crippen LogP contribution is 2.30. The van der Waals surface area contributed by atoms with Crippen molar-refractivity contribution in [3.63, 3.8) is 0 Å². The van der Waals surface area contributed by atoms with Crippen LogP contribution in [-0.4, -0.2) is 16.0 Å². The van der Waals surface area contributed by atoms with E-state index in [1.165, 1.54) is 11.8 Å². The van der Waals surface area contributed by atoms with E-state index in [1.807, 2.05) is 26.2 Å². The molecule has 1 aliphatic rings. The maximum atomic E-state index is 9.33. The van der Waals surface area contributed by atoms with Crippen molar-refractivity contribution in [3.05, 3.63) is 34.1 Å². The Kier molecular flexibility index (Phi) is 4.07. The van der Waals surface area contributed by atoms with E-state index >= 15 is 0 Å². The third kappa shape index (κ3) is 3.26. The minimum absolute atomic E-state index is 0.247. The molecule has 19 heavy (non-hydrogen) atoms. The second-order valence-corrected chi connectivity index (χ2v) is 5.30. The molecule has 5 nitrogen and oxygen atoms in total. The maximum absolute atomic E-state index is 9.33. The summed E-state index contributed by atoms with van der Waals surface area (Å²) in [6.45, 7) is 5.99. The van der Waals surface area contributed by atoms with Gasteiger partial charge in [-0.15, -0.1) is 0 Å². The Bertz CT molecular complexity index is 583. The molecular weight excluding hydrogens is 258 g/mol. The minimum Gasteiger partial charge on any atom is -0.352 e. The number of rotatable bonds is 3. The topological polar surface area (TPSA) is 73.6 Å². The van der Waals surface area contributed by atoms with E-state index in [1.54, 1.807) is 12.3 Å². The Hall–Kier alpha value is -2.00. The summed E-state index contributed by atoms with van der Waals surface area (Å²) in [5.41, 5.74) is 2.19. The van der Waals surface area contributed by atoms with Gasteiger partial charge in [0, 0.05) is 17.9 Å². The SMILES string of the molecule is CC1=CS/C(=C(/C#N)c2ccnc(NC(C)C)n2)N1. The molecule has 0 radical (unpaired) electrons. The number of thioether (sulfide) groups is 1. The highest BCUT2D eigenvalue weighted by Gasteiger charge is 2.15. The first kappa shape index (κ1) is 13.4. The van der Waals surface area contributed by atoms with Crippen molar-refractivity contribution < 1.29 is 0 Å². The zero-order valence-electron chi connectivity index (χ0n) is 11.1. The van der Waals surface area contributed by atoms with Crippen LogP contribution in [-0.2, 0) is 0 Å². The zero-order valence-corrected chi connectivity index (χ0v) is 11.9. The van der Waals surface area contributed by atoms with Gasteiger partial charge in [-0.3, -0.25) is 0 Å². The van der Waals surface area contributed by atoms with E-state index in [2.05, 4.69) is 26.7 Å². The van der Waals surface area contributed by atoms with Crippen LogP contribution >= 0.6 is 11.8 Å². The number of allylic oxidation sites excluding steroid dienone is 2. The quantitative estimate of drug-likeness (QED) is 0.825. The van der Waals surface area contributed by atoms with Gasteiger partial charge in [0.2, 0.25) is 5.95 Å². The van der Waals surface area contributed by atoms with Gasteiger partial charge < -0.3 is 10.6 Å². The van der Waals surface area contributed by atoms with Gasteiger partial charge >= 0.3 is 0 Å². The molecule has 1 aromatic heterocycles. The predicted molar refractivity (Wildman–Crippen MR) is 77.8 cm³/mol. The van der Waals surface area contributed by atoms with Crippen LogP contribution in [0.3, 0.4) is 0 Å². The fraction of sp³-hybridized carbons (Fsp3) is 0.308. The normalized spacial score (nSPS) is 16.7. The molecule has 0 amide bonds. The summed E-state index contributed by atoms with van der Waals surface area (Å²) in [7, 11) is 0. The Balaban J connectivity index is 2.33. The second kappa shape index (κ2) is 5.76. The average molecular weight is 273 g/mol. The summed E-state index contributed by atoms with van der Waals surface area (Å²) in [4.78, 5) is 8.52. The fourth-order valence-corrected chi connectivity index (χ4v) is 2.40. The number of nitrogens with one attached hydrogen (secondary N) is 2. The monoisotopic (exact) mass is 273 g/mol. The van der Waals surface area contributed by atoms with Crippen molar-refractivity contribution in [3.8, 4) is 6.07 Å². The molecule has 6 heteroatoms. The highest BCUT2D eigenvalue weighted by molar-refractivity contribution is 8.06. The van der Waals surface area contributed by atoms with E-state index < -0.39 is 0 Å². The number of nitriles is 1. The lowest BCUT2D eigenvalue weighted by molar-refractivity contribution is 0.873. The Morgan fingerprint density at radius 2 is 2.32 bits per heavy atom. The van der Waals surface area contributed by atoms with E-state index in [4.69, 9.17) is 0 Å². The number of anilines is 1. The summed E-state index contributed by atoms with van der Waals surface area (Å²) < 4.78 is 0. The Morgan fingerprint density at radius 3 is 2.89 bits per heavy atom. The first-order chi connectivity index (χ1) is 9.10. The van der Waals surface area contributed by atoms with Gasteiger partial charge in [0.1, 0.15) is 11.6 Å². The Labute approximate surface area is 116 Å². The van der Waals surface area contributed by atoms with Gasteiger partial charge in [-0.2, -0.15) is 5.26 Å². The Morgan fingerprint density at radius 1 is 1.53 bits per heavy atom. The van der Waals surface area contributed by atoms with Crippen LogP contribution in [0.15, 0.2) is 28.4 Å². The molecule has 0 fully saturated rings. The van der Waals surface area contributed by atoms with Crippen LogP contribution in [0.4, 0.5) is 5.95 Å². The molecule has 2 rings (SSSR count). The van der Waals surface area contributed by atoms with Crippen molar-refractivity contribution in [2.45, 2.75) is 26.8 Å². The standard InChI is InChI=1S/C13H15N5S/c1-8(2)16-13-15-5-4-11(18-13)10(6-14)12-17-9(3)7-19-12/h4-5,7-8,17H,1-3H3,(H,15,16,18)/b12-10-. The summed E-state index contributed by atoms with van der Waals surface area (Å²) in [6.07, 6.45) is 1.66. The maximum Gasteiger partial charge on any atom is 0.223 e. The summed E-state index contributed by atoms with van der Waals surface area (Å²) >= 11 is 1.50. The number of aromatic nitrogens is 2. The molecule has 1 aromatic rings. The fourth-order valence-electron chi connectivity index (χ4n) is 1.56. The minimum atomic E-state index is 0.247. The van der Waals surface area contributed by atoms with Crippen molar-refractivity contribution in [2.75, 3.05) is 5.32 Å². The lowest BCUT2D eigenvalue weighted by atomic mass is 10.2. The van der Waals surface area contributed by atoms with Gasteiger partial charge in [0.05, 0.1) is 10.7 Å². The van der Waals surface area contributed by atoms with Gasteiger partial charge in [-0.05, 0) is 32.2 Å². The summed E-state index contributed by atoms with van der Waals surface area (Å²) in [5.74, 6) is 0.536. The van der Waals surface area contributed by atoms with E-state index in [0.29, 0.717) is 17.2 Å². The molecule has 0 aliphatic carbocycles. The van der Waals surface area contributed by atoms with E-state index in [-0.39, 0.29) is 6.04 Å². The molecule has 0 saturated carbocycles. The molecule has 2 heterocycles. The van der Waals surface area contributed by atoms with Crippen molar-refractivity contribution >= 4 is 23.3 Å². The van der Waals surface area contributed by atoms with Gasteiger partial charge in [0.15, 0.2) is 0 Å². The third-order valence-corrected chi connectivity index (χ3v) is 3.35. The lowest BCUT2D eigenvalue weighted by Gasteiger charge is -2.09. The molecular formula is C13H15N5S. The van der Waals surface area contributed by atoms with Crippen LogP contribution in [0.2, 0.25) is 0 Å². The number of hydrogen-bond acceptors (Lipinski definition) is 6. The van der Waals surface area contributed by atoms with Crippen molar-refractivity contribution in [1.29, 1.82) is 5.26 Å². The van der Waals surface area contributed by atoms with Crippen LogP contribution in [0, 0.1) is 11.3 Å². The third-order valence-electron chi connectivity index (χ3n) is 2.33. The lowest BCUT2D eigenvalue weighted by Crippen LogP contribution is -2.13. The van der Waals surface area contributed by atoms with Crippen LogP contribution in [0.25, 0.3) is 5.57 Å². The predicted octanol–water partition coefficient (Wildman–Crippen LogP) is 2.69. The van der Waals surface area contributed by atoms with Crippen LogP contribution < -0.4 is 10.6 Å². The first-order valence-corrected chi connectivity index (χ1v) is 6.83. The smallest absolute Gasteiger partial charge is 0.223 e. The molecule has 0 aromatic carbocycles.